The van der Waals surface area contributed by atoms with E-state index in [1.165, 1.54) is 0 Å². The topological polar surface area (TPSA) is 64.3 Å². The molecule has 19 heavy (non-hydrogen) atoms. The molecule has 1 rings (SSSR count). The van der Waals surface area contributed by atoms with Crippen LogP contribution in [-0.4, -0.2) is 18.2 Å². The lowest BCUT2D eigenvalue weighted by Gasteiger charge is -2.21. The van der Waals surface area contributed by atoms with Crippen molar-refractivity contribution in [3.63, 3.8) is 0 Å². The third kappa shape index (κ3) is 5.45. The largest absolute Gasteiger partial charge is 0.444 e. The minimum Gasteiger partial charge on any atom is -0.444 e. The van der Waals surface area contributed by atoms with Crippen molar-refractivity contribution in [3.05, 3.63) is 35.4 Å². The molecule has 1 unspecified atom stereocenters. The van der Waals surface area contributed by atoms with Gasteiger partial charge in [-0.05, 0) is 38.5 Å². The Labute approximate surface area is 114 Å². The molecule has 0 saturated heterocycles. The molecule has 1 aromatic carbocycles. The van der Waals surface area contributed by atoms with E-state index in [9.17, 15) is 4.79 Å². The number of terminal acetylenes is 1. The normalized spacial score (nSPS) is 12.4. The van der Waals surface area contributed by atoms with Crippen LogP contribution in [0.2, 0.25) is 0 Å². The molecule has 4 heteroatoms. The first kappa shape index (κ1) is 15.1. The van der Waals surface area contributed by atoms with Crippen molar-refractivity contribution in [2.45, 2.75) is 32.4 Å². The van der Waals surface area contributed by atoms with Crippen LogP contribution < -0.4 is 11.1 Å². The molecule has 0 radical (unpaired) electrons. The Morgan fingerprint density at radius 2 is 2.00 bits per heavy atom. The summed E-state index contributed by atoms with van der Waals surface area (Å²) in [6, 6.07) is 7.07. The second-order valence-corrected chi connectivity index (χ2v) is 5.26. The summed E-state index contributed by atoms with van der Waals surface area (Å²) in [5, 5.41) is 2.64. The van der Waals surface area contributed by atoms with Gasteiger partial charge >= 0.3 is 6.09 Å². The Morgan fingerprint density at radius 3 is 2.47 bits per heavy atom. The highest BCUT2D eigenvalue weighted by Crippen LogP contribution is 2.11. The first-order chi connectivity index (χ1) is 8.81. The van der Waals surface area contributed by atoms with E-state index in [0.29, 0.717) is 6.54 Å². The highest BCUT2D eigenvalue weighted by Gasteiger charge is 2.16. The summed E-state index contributed by atoms with van der Waals surface area (Å²) < 4.78 is 5.13. The van der Waals surface area contributed by atoms with Gasteiger partial charge in [0, 0.05) is 18.2 Å². The SMILES string of the molecule is C#Cc1ccc(C(N)CNC(=O)OC(C)(C)C)cc1. The number of carbonyl (C=O) groups is 1. The van der Waals surface area contributed by atoms with E-state index in [4.69, 9.17) is 16.9 Å². The lowest BCUT2D eigenvalue weighted by molar-refractivity contribution is 0.0524. The summed E-state index contributed by atoms with van der Waals surface area (Å²) in [5.41, 5.74) is 7.18. The van der Waals surface area contributed by atoms with Crippen molar-refractivity contribution in [1.82, 2.24) is 5.32 Å². The van der Waals surface area contributed by atoms with Gasteiger partial charge in [-0.15, -0.1) is 6.42 Å². The number of nitrogens with one attached hydrogen (secondary N) is 1. The van der Waals surface area contributed by atoms with Gasteiger partial charge in [-0.2, -0.15) is 0 Å². The zero-order valence-electron chi connectivity index (χ0n) is 11.6. The van der Waals surface area contributed by atoms with Crippen molar-refractivity contribution in [2.24, 2.45) is 5.73 Å². The van der Waals surface area contributed by atoms with Gasteiger partial charge in [-0.3, -0.25) is 0 Å². The fourth-order valence-corrected chi connectivity index (χ4v) is 1.45. The fourth-order valence-electron chi connectivity index (χ4n) is 1.45. The maximum Gasteiger partial charge on any atom is 0.407 e. The molecule has 1 aromatic rings. The number of nitrogens with two attached hydrogens (primary N) is 1. The van der Waals surface area contributed by atoms with Crippen LogP contribution in [0.3, 0.4) is 0 Å². The molecule has 102 valence electrons. The zero-order valence-corrected chi connectivity index (χ0v) is 11.6. The van der Waals surface area contributed by atoms with Crippen LogP contribution in [0.4, 0.5) is 4.79 Å². The van der Waals surface area contributed by atoms with E-state index < -0.39 is 11.7 Å². The average Bonchev–Trinajstić information content (AvgIpc) is 2.34. The number of alkyl carbamates (subject to hydrolysis) is 1. The molecular weight excluding hydrogens is 240 g/mol. The Kier molecular flexibility index (Phi) is 4.96. The van der Waals surface area contributed by atoms with E-state index in [1.807, 2.05) is 45.0 Å². The number of carbonyl (C=O) groups excluding carboxylic acids is 1. The fraction of sp³-hybridized carbons (Fsp3) is 0.400. The second-order valence-electron chi connectivity index (χ2n) is 5.26. The molecule has 0 aliphatic heterocycles. The third-order valence-corrected chi connectivity index (χ3v) is 2.37. The Morgan fingerprint density at radius 1 is 1.42 bits per heavy atom. The minimum absolute atomic E-state index is 0.292. The monoisotopic (exact) mass is 260 g/mol. The van der Waals surface area contributed by atoms with Crippen molar-refractivity contribution >= 4 is 6.09 Å². The summed E-state index contributed by atoms with van der Waals surface area (Å²) in [6.07, 6.45) is 4.81. The molecular formula is C15H20N2O2. The van der Waals surface area contributed by atoms with E-state index in [2.05, 4.69) is 11.2 Å². The summed E-state index contributed by atoms with van der Waals surface area (Å²) in [4.78, 5) is 11.5. The molecule has 0 fully saturated rings. The first-order valence-electron chi connectivity index (χ1n) is 6.11. The molecule has 0 spiro atoms. The minimum atomic E-state index is -0.511. The first-order valence-corrected chi connectivity index (χ1v) is 6.11. The van der Waals surface area contributed by atoms with Gasteiger partial charge in [0.15, 0.2) is 0 Å². The van der Waals surface area contributed by atoms with Gasteiger partial charge in [0.1, 0.15) is 5.60 Å². The van der Waals surface area contributed by atoms with Crippen molar-refractivity contribution in [3.8, 4) is 12.3 Å². The maximum atomic E-state index is 11.5. The lowest BCUT2D eigenvalue weighted by atomic mass is 10.1. The van der Waals surface area contributed by atoms with Crippen LogP contribution in [0.1, 0.15) is 37.9 Å². The number of rotatable bonds is 3. The van der Waals surface area contributed by atoms with Crippen LogP contribution >= 0.6 is 0 Å². The number of hydrogen-bond donors (Lipinski definition) is 2. The highest BCUT2D eigenvalue weighted by molar-refractivity contribution is 5.67. The molecule has 1 atom stereocenters. The van der Waals surface area contributed by atoms with Gasteiger partial charge in [0.05, 0.1) is 0 Å². The van der Waals surface area contributed by atoms with E-state index >= 15 is 0 Å². The maximum absolute atomic E-state index is 11.5. The number of hydrogen-bond acceptors (Lipinski definition) is 3. The molecule has 0 aromatic heterocycles. The molecule has 0 bridgehead atoms. The third-order valence-electron chi connectivity index (χ3n) is 2.37. The van der Waals surface area contributed by atoms with Crippen molar-refractivity contribution < 1.29 is 9.53 Å². The molecule has 0 heterocycles. The Hall–Kier alpha value is -1.99. The standard InChI is InChI=1S/C15H20N2O2/c1-5-11-6-8-12(9-7-11)13(16)10-17-14(18)19-15(2,3)4/h1,6-9,13H,10,16H2,2-4H3,(H,17,18). The molecule has 3 N–H and O–H groups in total. The van der Waals surface area contributed by atoms with Gasteiger partial charge in [-0.1, -0.05) is 18.1 Å². The summed E-state index contributed by atoms with van der Waals surface area (Å²) in [7, 11) is 0. The molecule has 0 saturated carbocycles. The van der Waals surface area contributed by atoms with Gasteiger partial charge in [-0.25, -0.2) is 4.79 Å². The van der Waals surface area contributed by atoms with Crippen molar-refractivity contribution in [2.75, 3.05) is 6.54 Å². The lowest BCUT2D eigenvalue weighted by Crippen LogP contribution is -2.36. The number of amides is 1. The van der Waals surface area contributed by atoms with E-state index in [-0.39, 0.29) is 6.04 Å². The van der Waals surface area contributed by atoms with Crippen LogP contribution in [0.15, 0.2) is 24.3 Å². The smallest absolute Gasteiger partial charge is 0.407 e. The van der Waals surface area contributed by atoms with Crippen LogP contribution in [0, 0.1) is 12.3 Å². The molecule has 1 amide bonds. The van der Waals surface area contributed by atoms with Gasteiger partial charge < -0.3 is 15.8 Å². The van der Waals surface area contributed by atoms with Crippen LogP contribution in [-0.2, 0) is 4.74 Å². The van der Waals surface area contributed by atoms with Crippen LogP contribution in [0.25, 0.3) is 0 Å². The van der Waals surface area contributed by atoms with E-state index in [1.54, 1.807) is 0 Å². The van der Waals surface area contributed by atoms with Gasteiger partial charge in [0.2, 0.25) is 0 Å². The predicted octanol–water partition coefficient (Wildman–Crippen LogP) is 2.19. The Bertz CT molecular complexity index is 466. The summed E-state index contributed by atoms with van der Waals surface area (Å²) >= 11 is 0. The number of ether oxygens (including phenoxy) is 1. The highest BCUT2D eigenvalue weighted by atomic mass is 16.6. The number of benzene rings is 1. The van der Waals surface area contributed by atoms with Crippen LogP contribution in [0.5, 0.6) is 0 Å². The molecule has 0 aliphatic carbocycles. The molecule has 0 aliphatic rings. The molecule has 4 nitrogen and oxygen atoms in total. The zero-order chi connectivity index (χ0) is 14.5. The quantitative estimate of drug-likeness (QED) is 0.819. The predicted molar refractivity (Wildman–Crippen MR) is 75.5 cm³/mol. The Balaban J connectivity index is 2.49. The average molecular weight is 260 g/mol. The van der Waals surface area contributed by atoms with E-state index in [0.717, 1.165) is 11.1 Å². The van der Waals surface area contributed by atoms with Crippen molar-refractivity contribution in [1.29, 1.82) is 0 Å². The summed E-state index contributed by atoms with van der Waals surface area (Å²) in [5.74, 6) is 2.54. The summed E-state index contributed by atoms with van der Waals surface area (Å²) in [6.45, 7) is 5.74. The second kappa shape index (κ2) is 6.26. The van der Waals surface area contributed by atoms with Gasteiger partial charge in [0.25, 0.3) is 0 Å².